The number of amides is 1. The molecule has 5 heteroatoms. The highest BCUT2D eigenvalue weighted by molar-refractivity contribution is 5.94. The maximum absolute atomic E-state index is 12.2. The van der Waals surface area contributed by atoms with Crippen LogP contribution in [0.3, 0.4) is 0 Å². The Morgan fingerprint density at radius 3 is 3.14 bits per heavy atom. The first-order valence-electron chi connectivity index (χ1n) is 7.69. The number of nitrogens with one attached hydrogen (secondary N) is 2. The lowest BCUT2D eigenvalue weighted by molar-refractivity contribution is 0.0952. The number of carbonyl (C=O) groups excluding carboxylic acids is 1. The van der Waals surface area contributed by atoms with E-state index in [9.17, 15) is 9.59 Å². The number of hydrogen-bond acceptors (Lipinski definition) is 3. The second-order valence-corrected chi connectivity index (χ2v) is 5.95. The largest absolute Gasteiger partial charge is 0.469 e. The predicted octanol–water partition coefficient (Wildman–Crippen LogP) is 2.07. The van der Waals surface area contributed by atoms with E-state index in [4.69, 9.17) is 4.42 Å². The summed E-state index contributed by atoms with van der Waals surface area (Å²) in [5.74, 6) is 1.08. The molecule has 0 spiro atoms. The molecular formula is C17H20N2O3. The quantitative estimate of drug-likeness (QED) is 0.907. The van der Waals surface area contributed by atoms with Crippen LogP contribution < -0.4 is 10.9 Å². The Morgan fingerprint density at radius 1 is 1.50 bits per heavy atom. The Hall–Kier alpha value is -2.30. The molecule has 22 heavy (non-hydrogen) atoms. The SMILES string of the molecule is CC1CCc2[nH]c(=O)c(C(=O)NCCc3ccco3)cc2C1. The molecule has 3 rings (SSSR count). The van der Waals surface area contributed by atoms with E-state index in [1.807, 2.05) is 12.1 Å². The summed E-state index contributed by atoms with van der Waals surface area (Å²) in [5, 5.41) is 2.78. The van der Waals surface area contributed by atoms with Crippen molar-refractivity contribution in [2.24, 2.45) is 5.92 Å². The number of pyridine rings is 1. The molecule has 116 valence electrons. The first-order valence-corrected chi connectivity index (χ1v) is 7.69. The summed E-state index contributed by atoms with van der Waals surface area (Å²) in [4.78, 5) is 27.1. The number of rotatable bonds is 4. The minimum absolute atomic E-state index is 0.201. The molecule has 0 fully saturated rings. The van der Waals surface area contributed by atoms with Crippen molar-refractivity contribution in [1.82, 2.24) is 10.3 Å². The van der Waals surface area contributed by atoms with Gasteiger partial charge in [0.1, 0.15) is 11.3 Å². The Kier molecular flexibility index (Phi) is 4.13. The van der Waals surface area contributed by atoms with E-state index in [1.165, 1.54) is 0 Å². The van der Waals surface area contributed by atoms with E-state index in [1.54, 1.807) is 12.3 Å². The molecule has 0 saturated heterocycles. The molecule has 2 aromatic rings. The molecule has 1 aliphatic rings. The van der Waals surface area contributed by atoms with Gasteiger partial charge in [0.15, 0.2) is 0 Å². The van der Waals surface area contributed by atoms with Gasteiger partial charge in [0, 0.05) is 18.7 Å². The number of carbonyl (C=O) groups is 1. The average Bonchev–Trinajstić information content (AvgIpc) is 3.00. The van der Waals surface area contributed by atoms with Crippen molar-refractivity contribution in [3.8, 4) is 0 Å². The van der Waals surface area contributed by atoms with Crippen molar-refractivity contribution in [2.45, 2.75) is 32.6 Å². The summed E-state index contributed by atoms with van der Waals surface area (Å²) in [6, 6.07) is 5.43. The van der Waals surface area contributed by atoms with E-state index < -0.39 is 0 Å². The third-order valence-electron chi connectivity index (χ3n) is 4.15. The van der Waals surface area contributed by atoms with E-state index in [-0.39, 0.29) is 17.0 Å². The molecule has 0 radical (unpaired) electrons. The number of fused-ring (bicyclic) bond motifs is 1. The topological polar surface area (TPSA) is 75.1 Å². The molecule has 1 amide bonds. The van der Waals surface area contributed by atoms with Crippen molar-refractivity contribution in [1.29, 1.82) is 0 Å². The van der Waals surface area contributed by atoms with Crippen LogP contribution >= 0.6 is 0 Å². The van der Waals surface area contributed by atoms with Crippen LogP contribution in [0.25, 0.3) is 0 Å². The number of furan rings is 1. The summed E-state index contributed by atoms with van der Waals surface area (Å²) < 4.78 is 5.21. The van der Waals surface area contributed by atoms with Gasteiger partial charge in [-0.1, -0.05) is 6.92 Å². The zero-order valence-electron chi connectivity index (χ0n) is 12.6. The third-order valence-corrected chi connectivity index (χ3v) is 4.15. The fourth-order valence-corrected chi connectivity index (χ4v) is 2.90. The van der Waals surface area contributed by atoms with Gasteiger partial charge in [-0.3, -0.25) is 9.59 Å². The summed E-state index contributed by atoms with van der Waals surface area (Å²) in [6.45, 7) is 2.64. The van der Waals surface area contributed by atoms with Crippen LogP contribution in [0.4, 0.5) is 0 Å². The maximum Gasteiger partial charge on any atom is 0.261 e. The number of aromatic amines is 1. The number of aryl methyl sites for hydroxylation is 1. The summed E-state index contributed by atoms with van der Waals surface area (Å²) in [5.41, 5.74) is 1.97. The van der Waals surface area contributed by atoms with Crippen molar-refractivity contribution in [3.63, 3.8) is 0 Å². The van der Waals surface area contributed by atoms with Crippen LogP contribution in [0.2, 0.25) is 0 Å². The lowest BCUT2D eigenvalue weighted by atomic mass is 9.87. The average molecular weight is 300 g/mol. The molecule has 5 nitrogen and oxygen atoms in total. The van der Waals surface area contributed by atoms with Gasteiger partial charge in [0.25, 0.3) is 11.5 Å². The summed E-state index contributed by atoms with van der Waals surface area (Å²) in [6.07, 6.45) is 5.09. The first kappa shape index (κ1) is 14.6. The number of hydrogen-bond donors (Lipinski definition) is 2. The fraction of sp³-hybridized carbons (Fsp3) is 0.412. The van der Waals surface area contributed by atoms with Gasteiger partial charge in [0.2, 0.25) is 0 Å². The Balaban J connectivity index is 1.69. The Labute approximate surface area is 128 Å². The van der Waals surface area contributed by atoms with Gasteiger partial charge in [-0.2, -0.15) is 0 Å². The van der Waals surface area contributed by atoms with Crippen LogP contribution in [0.1, 0.15) is 40.7 Å². The summed E-state index contributed by atoms with van der Waals surface area (Å²) in [7, 11) is 0. The molecule has 1 aliphatic carbocycles. The lowest BCUT2D eigenvalue weighted by Crippen LogP contribution is -2.32. The van der Waals surface area contributed by atoms with Crippen LogP contribution in [-0.2, 0) is 19.3 Å². The third kappa shape index (κ3) is 3.13. The normalized spacial score (nSPS) is 17.0. The van der Waals surface area contributed by atoms with Crippen molar-refractivity contribution >= 4 is 5.91 Å². The summed E-state index contributed by atoms with van der Waals surface area (Å²) >= 11 is 0. The van der Waals surface area contributed by atoms with Crippen LogP contribution in [0.15, 0.2) is 33.7 Å². The molecular weight excluding hydrogens is 280 g/mol. The maximum atomic E-state index is 12.2. The van der Waals surface area contributed by atoms with Gasteiger partial charge in [-0.25, -0.2) is 0 Å². The molecule has 0 saturated carbocycles. The van der Waals surface area contributed by atoms with Gasteiger partial charge >= 0.3 is 0 Å². The van der Waals surface area contributed by atoms with Crippen LogP contribution in [0.5, 0.6) is 0 Å². The zero-order valence-corrected chi connectivity index (χ0v) is 12.6. The van der Waals surface area contributed by atoms with E-state index in [0.29, 0.717) is 18.9 Å². The van der Waals surface area contributed by atoms with Gasteiger partial charge in [-0.05, 0) is 48.9 Å². The molecule has 2 N–H and O–H groups in total. The zero-order chi connectivity index (χ0) is 15.5. The van der Waals surface area contributed by atoms with Gasteiger partial charge in [0.05, 0.1) is 6.26 Å². The second kappa shape index (κ2) is 6.22. The Bertz CT molecular complexity index is 716. The van der Waals surface area contributed by atoms with E-state index in [0.717, 1.165) is 36.3 Å². The molecule has 2 heterocycles. The van der Waals surface area contributed by atoms with Crippen LogP contribution in [-0.4, -0.2) is 17.4 Å². The highest BCUT2D eigenvalue weighted by Crippen LogP contribution is 2.23. The smallest absolute Gasteiger partial charge is 0.261 e. The molecule has 0 aliphatic heterocycles. The second-order valence-electron chi connectivity index (χ2n) is 5.95. The van der Waals surface area contributed by atoms with E-state index in [2.05, 4.69) is 17.2 Å². The fourth-order valence-electron chi connectivity index (χ4n) is 2.90. The standard InChI is InChI=1S/C17H20N2O3/c1-11-4-5-15-12(9-11)10-14(17(21)19-15)16(20)18-7-6-13-3-2-8-22-13/h2-3,8,10-11H,4-7,9H2,1H3,(H,18,20)(H,19,21). The Morgan fingerprint density at radius 2 is 2.36 bits per heavy atom. The lowest BCUT2D eigenvalue weighted by Gasteiger charge is -2.21. The van der Waals surface area contributed by atoms with Crippen LogP contribution in [0, 0.1) is 5.92 Å². The van der Waals surface area contributed by atoms with Crippen molar-refractivity contribution in [3.05, 3.63) is 57.4 Å². The molecule has 1 atom stereocenters. The van der Waals surface area contributed by atoms with Crippen molar-refractivity contribution in [2.75, 3.05) is 6.54 Å². The predicted molar refractivity (Wildman–Crippen MR) is 83.0 cm³/mol. The van der Waals surface area contributed by atoms with Gasteiger partial charge < -0.3 is 14.7 Å². The van der Waals surface area contributed by atoms with Gasteiger partial charge in [-0.15, -0.1) is 0 Å². The number of aromatic nitrogens is 1. The van der Waals surface area contributed by atoms with Crippen molar-refractivity contribution < 1.29 is 9.21 Å². The molecule has 2 aromatic heterocycles. The first-order chi connectivity index (χ1) is 10.6. The highest BCUT2D eigenvalue weighted by Gasteiger charge is 2.19. The van der Waals surface area contributed by atoms with E-state index >= 15 is 0 Å². The molecule has 0 aromatic carbocycles. The number of H-pyrrole nitrogens is 1. The minimum atomic E-state index is -0.325. The minimum Gasteiger partial charge on any atom is -0.469 e. The molecule has 1 unspecified atom stereocenters. The molecule has 0 bridgehead atoms. The monoisotopic (exact) mass is 300 g/mol. The highest BCUT2D eigenvalue weighted by atomic mass is 16.3.